The number of benzene rings is 3. The molecule has 1 N–H and O–H groups in total. The highest BCUT2D eigenvalue weighted by Gasteiger charge is 2.54. The first-order chi connectivity index (χ1) is 26.3. The van der Waals surface area contributed by atoms with Gasteiger partial charge < -0.3 is 15.0 Å². The van der Waals surface area contributed by atoms with Gasteiger partial charge in [-0.25, -0.2) is 9.98 Å². The molecule has 0 amide bonds. The van der Waals surface area contributed by atoms with E-state index in [0.717, 1.165) is 61.0 Å². The molecule has 1 saturated carbocycles. The number of anilines is 1. The highest BCUT2D eigenvalue weighted by atomic mass is 16.5. The van der Waals surface area contributed by atoms with Crippen LogP contribution in [-0.2, 0) is 0 Å². The van der Waals surface area contributed by atoms with E-state index in [1.54, 1.807) is 11.3 Å². The summed E-state index contributed by atoms with van der Waals surface area (Å²) in [6.07, 6.45) is 23.6. The number of nitrogens with one attached hydrogen (secondary N) is 1. The minimum Gasteiger partial charge on any atom is -0.489 e. The van der Waals surface area contributed by atoms with Crippen LogP contribution in [0.5, 0.6) is 5.75 Å². The number of nitrogens with zero attached hydrogens (tertiary/aromatic N) is 3. The van der Waals surface area contributed by atoms with Crippen molar-refractivity contribution in [3.05, 3.63) is 143 Å². The van der Waals surface area contributed by atoms with Gasteiger partial charge in [0, 0.05) is 39.3 Å². The third-order valence-corrected chi connectivity index (χ3v) is 14.1. The molecule has 1 fully saturated rings. The summed E-state index contributed by atoms with van der Waals surface area (Å²) in [7, 11) is 0. The Morgan fingerprint density at radius 2 is 1.72 bits per heavy atom. The van der Waals surface area contributed by atoms with Crippen molar-refractivity contribution in [2.45, 2.75) is 96.9 Å². The maximum Gasteiger partial charge on any atom is 0.144 e. The Morgan fingerprint density at radius 1 is 0.889 bits per heavy atom. The second-order valence-electron chi connectivity index (χ2n) is 17.4. The minimum absolute atomic E-state index is 0.0301. The summed E-state index contributed by atoms with van der Waals surface area (Å²) in [5.41, 5.74) is 10.6. The standard InChI is InChI=1S/C49H52N4O/c1-31-24-25-39-38(27-31)48(3)26-12-11-23-43(48)53(39)40-21-14-22-41-44(40)37-28-32(2)49(4,30-42(37)54-41)47-51-45(34-17-9-6-10-18-34)50-46(52-47)36-20-13-19-35(29-36)33-15-7-5-8-16-33/h5-9,11-17,19-23,26,29,31-32,37,42-43,45H,10,18,24-25,27-28,30H2,1-4H3,(H,50,51,52)/t31?,32?,37-,42?,43?,45?,48?,49?/m1/s1. The summed E-state index contributed by atoms with van der Waals surface area (Å²) in [5, 5.41) is 3.78. The van der Waals surface area contributed by atoms with E-state index in [9.17, 15) is 0 Å². The van der Waals surface area contributed by atoms with E-state index < -0.39 is 0 Å². The molecule has 3 aromatic carbocycles. The molecule has 8 atom stereocenters. The van der Waals surface area contributed by atoms with Crippen molar-refractivity contribution in [2.75, 3.05) is 4.90 Å². The Bertz CT molecular complexity index is 2220. The van der Waals surface area contributed by atoms with Crippen LogP contribution >= 0.6 is 0 Å². The maximum atomic E-state index is 7.07. The molecular formula is C49H52N4O. The van der Waals surface area contributed by atoms with Gasteiger partial charge in [-0.3, -0.25) is 0 Å². The average Bonchev–Trinajstić information content (AvgIpc) is 3.69. The third kappa shape index (κ3) is 5.33. The van der Waals surface area contributed by atoms with Crippen molar-refractivity contribution in [3.8, 4) is 16.9 Å². The molecule has 10 rings (SSSR count). The first-order valence-corrected chi connectivity index (χ1v) is 20.4. The normalized spacial score (nSPS) is 33.5. The van der Waals surface area contributed by atoms with Gasteiger partial charge in [0.2, 0.25) is 0 Å². The van der Waals surface area contributed by atoms with E-state index in [1.165, 1.54) is 40.8 Å². The van der Waals surface area contributed by atoms with Gasteiger partial charge in [-0.05, 0) is 104 Å². The third-order valence-electron chi connectivity index (χ3n) is 14.1. The van der Waals surface area contributed by atoms with Crippen LogP contribution in [0.1, 0.15) is 89.7 Å². The van der Waals surface area contributed by atoms with Crippen LogP contribution in [0.25, 0.3) is 11.1 Å². The summed E-state index contributed by atoms with van der Waals surface area (Å²) >= 11 is 0. The van der Waals surface area contributed by atoms with Crippen LogP contribution < -0.4 is 15.0 Å². The molecule has 3 heterocycles. The Kier molecular flexibility index (Phi) is 8.01. The number of fused-ring (bicyclic) bond motifs is 5. The predicted molar refractivity (Wildman–Crippen MR) is 222 cm³/mol. The van der Waals surface area contributed by atoms with Crippen molar-refractivity contribution < 1.29 is 4.74 Å². The molecule has 0 bridgehead atoms. The fourth-order valence-electron chi connectivity index (χ4n) is 10.8. The quantitative estimate of drug-likeness (QED) is 0.286. The van der Waals surface area contributed by atoms with Gasteiger partial charge in [0.1, 0.15) is 29.7 Å². The Balaban J connectivity index is 1.01. The monoisotopic (exact) mass is 712 g/mol. The van der Waals surface area contributed by atoms with Crippen LogP contribution in [-0.4, -0.2) is 30.0 Å². The molecular weight excluding hydrogens is 661 g/mol. The van der Waals surface area contributed by atoms with Crippen LogP contribution in [0.2, 0.25) is 0 Å². The fourth-order valence-corrected chi connectivity index (χ4v) is 10.8. The molecule has 0 saturated heterocycles. The Labute approximate surface area is 321 Å². The first kappa shape index (κ1) is 33.7. The lowest BCUT2D eigenvalue weighted by Crippen LogP contribution is -2.49. The maximum absolute atomic E-state index is 7.07. The summed E-state index contributed by atoms with van der Waals surface area (Å²) < 4.78 is 7.07. The lowest BCUT2D eigenvalue weighted by molar-refractivity contribution is 0.0741. The minimum atomic E-state index is -0.255. The number of hydrogen-bond donors (Lipinski definition) is 1. The van der Waals surface area contributed by atoms with Gasteiger partial charge in [0.25, 0.3) is 0 Å². The SMILES string of the molecule is CC1CCC2=C(C1)C1(C)C=CC=CC1N2c1cccc2c1[C@@H]1CC(C)C(C)(C3=NC(C4=CC=CCC4)NC(c4cccc(-c5ccccc5)c4)=N3)CC1O2. The molecule has 7 unspecified atom stereocenters. The topological polar surface area (TPSA) is 49.2 Å². The van der Waals surface area contributed by atoms with Crippen molar-refractivity contribution >= 4 is 17.4 Å². The van der Waals surface area contributed by atoms with E-state index in [2.05, 4.69) is 153 Å². The molecule has 3 aromatic rings. The Hall–Kier alpha value is -4.90. The molecule has 54 heavy (non-hydrogen) atoms. The number of rotatable bonds is 5. The molecule has 0 aromatic heterocycles. The van der Waals surface area contributed by atoms with Gasteiger partial charge in [0.15, 0.2) is 0 Å². The van der Waals surface area contributed by atoms with Gasteiger partial charge >= 0.3 is 0 Å². The van der Waals surface area contributed by atoms with E-state index in [4.69, 9.17) is 14.7 Å². The van der Waals surface area contributed by atoms with Crippen molar-refractivity contribution in [1.29, 1.82) is 0 Å². The second-order valence-corrected chi connectivity index (χ2v) is 17.4. The highest BCUT2D eigenvalue weighted by Crippen LogP contribution is 2.60. The number of amidine groups is 2. The van der Waals surface area contributed by atoms with Crippen LogP contribution in [0, 0.1) is 22.7 Å². The lowest BCUT2D eigenvalue weighted by atomic mass is 9.62. The summed E-state index contributed by atoms with van der Waals surface area (Å²) in [6, 6.07) is 26.5. The molecule has 0 spiro atoms. The molecule has 4 aliphatic carbocycles. The smallest absolute Gasteiger partial charge is 0.144 e. The molecule has 5 nitrogen and oxygen atoms in total. The summed E-state index contributed by atoms with van der Waals surface area (Å²) in [6.45, 7) is 9.75. The van der Waals surface area contributed by atoms with Gasteiger partial charge in [-0.2, -0.15) is 0 Å². The summed E-state index contributed by atoms with van der Waals surface area (Å²) in [4.78, 5) is 13.7. The van der Waals surface area contributed by atoms with Crippen LogP contribution in [0.3, 0.4) is 0 Å². The molecule has 3 aliphatic heterocycles. The first-order valence-electron chi connectivity index (χ1n) is 20.4. The Morgan fingerprint density at radius 3 is 2.57 bits per heavy atom. The predicted octanol–water partition coefficient (Wildman–Crippen LogP) is 11.1. The van der Waals surface area contributed by atoms with E-state index in [1.807, 2.05) is 0 Å². The van der Waals surface area contributed by atoms with Crippen molar-refractivity contribution in [1.82, 2.24) is 5.32 Å². The van der Waals surface area contributed by atoms with E-state index >= 15 is 0 Å². The molecule has 5 heteroatoms. The van der Waals surface area contributed by atoms with Gasteiger partial charge in [-0.1, -0.05) is 118 Å². The van der Waals surface area contributed by atoms with Crippen LogP contribution in [0.15, 0.2) is 142 Å². The number of hydrogen-bond acceptors (Lipinski definition) is 5. The second kappa shape index (κ2) is 12.9. The zero-order valence-electron chi connectivity index (χ0n) is 32.1. The lowest BCUT2D eigenvalue weighted by Gasteiger charge is -2.45. The number of ether oxygens (including phenoxy) is 1. The largest absolute Gasteiger partial charge is 0.489 e. The van der Waals surface area contributed by atoms with Crippen molar-refractivity contribution in [3.63, 3.8) is 0 Å². The van der Waals surface area contributed by atoms with E-state index in [0.29, 0.717) is 17.9 Å². The zero-order valence-corrected chi connectivity index (χ0v) is 32.1. The zero-order chi connectivity index (χ0) is 36.6. The van der Waals surface area contributed by atoms with Crippen LogP contribution in [0.4, 0.5) is 5.69 Å². The average molecular weight is 713 g/mol. The fraction of sp³-hybridized carbons (Fsp3) is 0.388. The molecule has 274 valence electrons. The molecule has 0 radical (unpaired) electrons. The number of allylic oxidation sites excluding steroid dienone is 6. The van der Waals surface area contributed by atoms with E-state index in [-0.39, 0.29) is 23.1 Å². The number of aliphatic imine (C=N–C) groups is 2. The van der Waals surface area contributed by atoms with Crippen molar-refractivity contribution in [2.24, 2.45) is 32.7 Å². The van der Waals surface area contributed by atoms with Gasteiger partial charge in [0.05, 0.1) is 6.04 Å². The van der Waals surface area contributed by atoms with Gasteiger partial charge in [-0.15, -0.1) is 0 Å². The molecule has 7 aliphatic rings. The summed E-state index contributed by atoms with van der Waals surface area (Å²) in [5.74, 6) is 4.34. The highest BCUT2D eigenvalue weighted by molar-refractivity contribution is 6.10.